The summed E-state index contributed by atoms with van der Waals surface area (Å²) in [6, 6.07) is 8.92. The number of hydrogen-bond donors (Lipinski definition) is 2. The SMILES string of the molecule is CCCC(NC(=O)c1ccc2c(=O)n(C)c(=S)[nH]c2c1)c1cccc(C(F)(F)F)c1. The molecule has 1 unspecified atom stereocenters. The van der Waals surface area contributed by atoms with Gasteiger partial charge in [0.25, 0.3) is 11.5 Å². The molecule has 3 rings (SSSR count). The number of carbonyl (C=O) groups is 1. The number of aromatic nitrogens is 2. The first-order valence-corrected chi connectivity index (χ1v) is 9.73. The molecule has 1 amide bonds. The van der Waals surface area contributed by atoms with Crippen molar-refractivity contribution in [2.24, 2.45) is 7.05 Å². The van der Waals surface area contributed by atoms with Crippen LogP contribution in [-0.4, -0.2) is 15.5 Å². The second kappa shape index (κ2) is 8.43. The lowest BCUT2D eigenvalue weighted by molar-refractivity contribution is -0.137. The first-order chi connectivity index (χ1) is 14.1. The van der Waals surface area contributed by atoms with E-state index in [1.54, 1.807) is 13.1 Å². The van der Waals surface area contributed by atoms with Gasteiger partial charge in [-0.3, -0.25) is 14.2 Å². The zero-order valence-corrected chi connectivity index (χ0v) is 17.2. The number of H-pyrrole nitrogens is 1. The van der Waals surface area contributed by atoms with Crippen molar-refractivity contribution in [2.45, 2.75) is 32.0 Å². The van der Waals surface area contributed by atoms with Crippen molar-refractivity contribution in [2.75, 3.05) is 0 Å². The molecule has 0 saturated heterocycles. The van der Waals surface area contributed by atoms with Gasteiger partial charge in [-0.15, -0.1) is 0 Å². The molecule has 9 heteroatoms. The summed E-state index contributed by atoms with van der Waals surface area (Å²) in [4.78, 5) is 28.0. The monoisotopic (exact) mass is 435 g/mol. The highest BCUT2D eigenvalue weighted by Crippen LogP contribution is 2.31. The van der Waals surface area contributed by atoms with E-state index in [-0.39, 0.29) is 15.9 Å². The van der Waals surface area contributed by atoms with Gasteiger partial charge in [0.05, 0.1) is 22.5 Å². The molecule has 1 aromatic heterocycles. The fourth-order valence-corrected chi connectivity index (χ4v) is 3.42. The molecule has 5 nitrogen and oxygen atoms in total. The first kappa shape index (κ1) is 21.8. The van der Waals surface area contributed by atoms with Gasteiger partial charge in [-0.1, -0.05) is 25.5 Å². The molecule has 0 aliphatic carbocycles. The number of aromatic amines is 1. The minimum atomic E-state index is -4.46. The van der Waals surface area contributed by atoms with E-state index >= 15 is 0 Å². The number of nitrogens with one attached hydrogen (secondary N) is 2. The lowest BCUT2D eigenvalue weighted by Crippen LogP contribution is -2.29. The Balaban J connectivity index is 1.93. The number of hydrogen-bond acceptors (Lipinski definition) is 3. The van der Waals surface area contributed by atoms with E-state index in [0.717, 1.165) is 12.1 Å². The Bertz CT molecular complexity index is 1210. The maximum atomic E-state index is 13.1. The van der Waals surface area contributed by atoms with Crippen molar-refractivity contribution in [3.8, 4) is 0 Å². The third-order valence-electron chi connectivity index (χ3n) is 4.86. The van der Waals surface area contributed by atoms with E-state index in [1.165, 1.54) is 28.8 Å². The van der Waals surface area contributed by atoms with Crippen molar-refractivity contribution >= 4 is 29.0 Å². The van der Waals surface area contributed by atoms with Crippen LogP contribution in [0.25, 0.3) is 10.9 Å². The van der Waals surface area contributed by atoms with Gasteiger partial charge < -0.3 is 10.3 Å². The van der Waals surface area contributed by atoms with Crippen LogP contribution in [-0.2, 0) is 13.2 Å². The molecule has 1 atom stereocenters. The van der Waals surface area contributed by atoms with Gasteiger partial charge in [-0.2, -0.15) is 13.2 Å². The summed E-state index contributed by atoms with van der Waals surface area (Å²) in [5.41, 5.74) is 0.0310. The Morgan fingerprint density at radius 2 is 1.97 bits per heavy atom. The van der Waals surface area contributed by atoms with Gasteiger partial charge in [0.1, 0.15) is 0 Å². The third-order valence-corrected chi connectivity index (χ3v) is 5.24. The number of fused-ring (bicyclic) bond motifs is 1. The molecule has 2 N–H and O–H groups in total. The number of alkyl halides is 3. The predicted octanol–water partition coefficient (Wildman–Crippen LogP) is 4.89. The Hall–Kier alpha value is -2.94. The van der Waals surface area contributed by atoms with E-state index in [2.05, 4.69) is 10.3 Å². The highest BCUT2D eigenvalue weighted by Gasteiger charge is 2.31. The summed E-state index contributed by atoms with van der Waals surface area (Å²) in [5.74, 6) is -0.451. The number of nitrogens with zero attached hydrogens (tertiary/aromatic N) is 1. The van der Waals surface area contributed by atoms with Gasteiger partial charge in [-0.05, 0) is 54.5 Å². The minimum Gasteiger partial charge on any atom is -0.345 e. The first-order valence-electron chi connectivity index (χ1n) is 9.33. The summed E-state index contributed by atoms with van der Waals surface area (Å²) >= 11 is 5.10. The molecule has 0 fully saturated rings. The number of amides is 1. The lowest BCUT2D eigenvalue weighted by Gasteiger charge is -2.20. The van der Waals surface area contributed by atoms with Crippen LogP contribution < -0.4 is 10.9 Å². The van der Waals surface area contributed by atoms with Crippen molar-refractivity contribution in [3.63, 3.8) is 0 Å². The summed E-state index contributed by atoms with van der Waals surface area (Å²) < 4.78 is 40.7. The molecule has 3 aromatic rings. The molecule has 158 valence electrons. The number of carbonyl (C=O) groups excluding carboxylic acids is 1. The molecule has 0 spiro atoms. The van der Waals surface area contributed by atoms with Gasteiger partial charge in [-0.25, -0.2) is 0 Å². The smallest absolute Gasteiger partial charge is 0.345 e. The molecule has 30 heavy (non-hydrogen) atoms. The molecule has 0 bridgehead atoms. The topological polar surface area (TPSA) is 66.9 Å². The average Bonchev–Trinajstić information content (AvgIpc) is 2.71. The minimum absolute atomic E-state index is 0.220. The number of halogens is 3. The van der Waals surface area contributed by atoms with Crippen molar-refractivity contribution in [3.05, 3.63) is 74.3 Å². The fraction of sp³-hybridized carbons (Fsp3) is 0.286. The van der Waals surface area contributed by atoms with Crippen molar-refractivity contribution < 1.29 is 18.0 Å². The van der Waals surface area contributed by atoms with Crippen LogP contribution in [0.1, 0.15) is 47.3 Å². The van der Waals surface area contributed by atoms with E-state index in [9.17, 15) is 22.8 Å². The zero-order valence-electron chi connectivity index (χ0n) is 16.3. The molecule has 0 radical (unpaired) electrons. The summed E-state index contributed by atoms with van der Waals surface area (Å²) in [5, 5.41) is 3.19. The van der Waals surface area contributed by atoms with Crippen molar-refractivity contribution in [1.82, 2.24) is 14.9 Å². The average molecular weight is 435 g/mol. The lowest BCUT2D eigenvalue weighted by atomic mass is 9.99. The van der Waals surface area contributed by atoms with Gasteiger partial charge in [0.2, 0.25) is 0 Å². The molecule has 0 aliphatic rings. The van der Waals surface area contributed by atoms with Gasteiger partial charge >= 0.3 is 6.18 Å². The van der Waals surface area contributed by atoms with E-state index in [0.29, 0.717) is 29.3 Å². The van der Waals surface area contributed by atoms with Crippen LogP contribution in [0, 0.1) is 4.77 Å². The second-order valence-electron chi connectivity index (χ2n) is 6.99. The Kier molecular flexibility index (Phi) is 6.12. The molecule has 2 aromatic carbocycles. The molecule has 1 heterocycles. The highest BCUT2D eigenvalue weighted by atomic mass is 32.1. The predicted molar refractivity (Wildman–Crippen MR) is 111 cm³/mol. The maximum absolute atomic E-state index is 13.1. The second-order valence-corrected chi connectivity index (χ2v) is 7.38. The van der Waals surface area contributed by atoms with E-state index in [1.807, 2.05) is 6.92 Å². The quantitative estimate of drug-likeness (QED) is 0.561. The summed E-state index contributed by atoms with van der Waals surface area (Å²) in [6.07, 6.45) is -3.31. The van der Waals surface area contributed by atoms with Gasteiger partial charge in [0, 0.05) is 12.6 Å². The van der Waals surface area contributed by atoms with E-state index < -0.39 is 23.7 Å². The Labute approximate surface area is 175 Å². The number of benzene rings is 2. The summed E-state index contributed by atoms with van der Waals surface area (Å²) in [6.45, 7) is 1.89. The highest BCUT2D eigenvalue weighted by molar-refractivity contribution is 7.71. The Morgan fingerprint density at radius 1 is 1.23 bits per heavy atom. The Morgan fingerprint density at radius 3 is 2.63 bits per heavy atom. The largest absolute Gasteiger partial charge is 0.416 e. The van der Waals surface area contributed by atoms with Crippen LogP contribution in [0.3, 0.4) is 0 Å². The van der Waals surface area contributed by atoms with E-state index in [4.69, 9.17) is 12.2 Å². The van der Waals surface area contributed by atoms with Crippen LogP contribution in [0.4, 0.5) is 13.2 Å². The normalized spacial score (nSPS) is 12.7. The van der Waals surface area contributed by atoms with Gasteiger partial charge in [0.15, 0.2) is 4.77 Å². The molecular formula is C21H20F3N3O2S. The fourth-order valence-electron chi connectivity index (χ4n) is 3.23. The maximum Gasteiger partial charge on any atom is 0.416 e. The molecule has 0 saturated carbocycles. The van der Waals surface area contributed by atoms with Crippen LogP contribution >= 0.6 is 12.2 Å². The van der Waals surface area contributed by atoms with Crippen LogP contribution in [0.5, 0.6) is 0 Å². The van der Waals surface area contributed by atoms with Crippen LogP contribution in [0.2, 0.25) is 0 Å². The van der Waals surface area contributed by atoms with Crippen molar-refractivity contribution in [1.29, 1.82) is 0 Å². The number of rotatable bonds is 5. The zero-order chi connectivity index (χ0) is 22.1. The standard InChI is InChI=1S/C21H20F3N3O2S/c1-3-5-16(12-6-4-7-14(10-12)21(22,23)24)25-18(28)13-8-9-15-17(11-13)26-20(30)27(2)19(15)29/h4,6-11,16H,3,5H2,1-2H3,(H,25,28)(H,26,30). The molecular weight excluding hydrogens is 415 g/mol. The molecule has 0 aliphatic heterocycles. The van der Waals surface area contributed by atoms with Crippen LogP contribution in [0.15, 0.2) is 47.3 Å². The summed E-state index contributed by atoms with van der Waals surface area (Å²) in [7, 11) is 1.55. The third kappa shape index (κ3) is 4.46.